The normalized spacial score (nSPS) is 12.8. The molecule has 0 heterocycles. The summed E-state index contributed by atoms with van der Waals surface area (Å²) in [4.78, 5) is 0. The van der Waals surface area contributed by atoms with E-state index in [1.165, 1.54) is 19.3 Å². The topological polar surface area (TPSA) is 0 Å². The number of hydrogen-bond donors (Lipinski definition) is 0. The van der Waals surface area contributed by atoms with Gasteiger partial charge in [-0.05, 0) is 37.0 Å². The van der Waals surface area contributed by atoms with Crippen LogP contribution in [0.2, 0.25) is 0 Å². The molecule has 0 heteroatoms. The van der Waals surface area contributed by atoms with E-state index >= 15 is 0 Å². The molecule has 0 aliphatic rings. The second-order valence-electron chi connectivity index (χ2n) is 5.98. The molecular weight excluding hydrogens is 180 g/mol. The lowest BCUT2D eigenvalue weighted by Crippen LogP contribution is -2.27. The second-order valence-corrected chi connectivity index (χ2v) is 5.98. The molecule has 0 radical (unpaired) electrons. The van der Waals surface area contributed by atoms with Crippen molar-refractivity contribution in [2.45, 2.75) is 74.7 Å². The summed E-state index contributed by atoms with van der Waals surface area (Å²) in [7, 11) is 0. The lowest BCUT2D eigenvalue weighted by molar-refractivity contribution is 0.293. The molecule has 0 atom stereocenters. The standard InChI is InChI=1S/C15H30/c1-9-12(4)13(14(5,6)10-2)15(7,8)11-3/h9-11H2,1-8H3. The fraction of sp³-hybridized carbons (Fsp3) is 0.867. The van der Waals surface area contributed by atoms with Gasteiger partial charge in [-0.15, -0.1) is 0 Å². The highest BCUT2D eigenvalue weighted by Crippen LogP contribution is 2.46. The van der Waals surface area contributed by atoms with E-state index in [0.717, 1.165) is 0 Å². The Morgan fingerprint density at radius 3 is 1.33 bits per heavy atom. The van der Waals surface area contributed by atoms with Gasteiger partial charge in [0.25, 0.3) is 0 Å². The summed E-state index contributed by atoms with van der Waals surface area (Å²) in [6, 6.07) is 0. The second kappa shape index (κ2) is 5.18. The molecule has 0 nitrogen and oxygen atoms in total. The smallest absolute Gasteiger partial charge is 0.0139 e. The largest absolute Gasteiger partial charge is 0.0733 e. The fourth-order valence-corrected chi connectivity index (χ4v) is 2.60. The molecule has 0 aromatic heterocycles. The van der Waals surface area contributed by atoms with Crippen molar-refractivity contribution in [2.75, 3.05) is 0 Å². The average Bonchev–Trinajstić information content (AvgIpc) is 2.17. The Balaban J connectivity index is 5.47. The third-order valence-electron chi connectivity index (χ3n) is 4.08. The summed E-state index contributed by atoms with van der Waals surface area (Å²) in [6.07, 6.45) is 3.63. The van der Waals surface area contributed by atoms with Gasteiger partial charge in [-0.25, -0.2) is 0 Å². The Kier molecular flexibility index (Phi) is 5.09. The minimum Gasteiger partial charge on any atom is -0.0733 e. The summed E-state index contributed by atoms with van der Waals surface area (Å²) >= 11 is 0. The van der Waals surface area contributed by atoms with E-state index in [9.17, 15) is 0 Å². The van der Waals surface area contributed by atoms with Crippen LogP contribution in [0.5, 0.6) is 0 Å². The van der Waals surface area contributed by atoms with Crippen molar-refractivity contribution in [1.82, 2.24) is 0 Å². The molecule has 0 aliphatic carbocycles. The molecule has 0 saturated heterocycles. The average molecular weight is 210 g/mol. The van der Waals surface area contributed by atoms with Crippen molar-refractivity contribution in [3.8, 4) is 0 Å². The molecule has 0 amide bonds. The zero-order chi connectivity index (χ0) is 12.3. The van der Waals surface area contributed by atoms with Gasteiger partial charge < -0.3 is 0 Å². The lowest BCUT2D eigenvalue weighted by atomic mass is 9.65. The van der Waals surface area contributed by atoms with Gasteiger partial charge in [-0.2, -0.15) is 0 Å². The molecule has 0 aromatic rings. The predicted octanol–water partition coefficient (Wildman–Crippen LogP) is 5.59. The molecule has 0 rings (SSSR count). The Hall–Kier alpha value is -0.260. The Bertz CT molecular complexity index is 210. The molecule has 0 fully saturated rings. The third kappa shape index (κ3) is 3.36. The van der Waals surface area contributed by atoms with Gasteiger partial charge in [0.2, 0.25) is 0 Å². The molecule has 0 saturated carbocycles. The van der Waals surface area contributed by atoms with Gasteiger partial charge in [-0.1, -0.05) is 59.6 Å². The lowest BCUT2D eigenvalue weighted by Gasteiger charge is -2.40. The molecule has 15 heavy (non-hydrogen) atoms. The van der Waals surface area contributed by atoms with E-state index in [0.29, 0.717) is 10.8 Å². The molecular formula is C15H30. The first-order valence-electron chi connectivity index (χ1n) is 6.43. The van der Waals surface area contributed by atoms with Crippen molar-refractivity contribution in [3.63, 3.8) is 0 Å². The van der Waals surface area contributed by atoms with Crippen LogP contribution in [0.4, 0.5) is 0 Å². The van der Waals surface area contributed by atoms with Gasteiger partial charge >= 0.3 is 0 Å². The van der Waals surface area contributed by atoms with Gasteiger partial charge in [0.1, 0.15) is 0 Å². The van der Waals surface area contributed by atoms with Crippen LogP contribution in [0.15, 0.2) is 11.1 Å². The van der Waals surface area contributed by atoms with Crippen LogP contribution >= 0.6 is 0 Å². The predicted molar refractivity (Wildman–Crippen MR) is 71.1 cm³/mol. The van der Waals surface area contributed by atoms with E-state index in [-0.39, 0.29) is 0 Å². The van der Waals surface area contributed by atoms with Crippen molar-refractivity contribution in [2.24, 2.45) is 10.8 Å². The van der Waals surface area contributed by atoms with Gasteiger partial charge in [-0.3, -0.25) is 0 Å². The van der Waals surface area contributed by atoms with Crippen molar-refractivity contribution >= 4 is 0 Å². The van der Waals surface area contributed by atoms with E-state index in [1.54, 1.807) is 11.1 Å². The quantitative estimate of drug-likeness (QED) is 0.519. The molecule has 0 aliphatic heterocycles. The SMILES string of the molecule is CCC(C)=C(C(C)(C)CC)C(C)(C)CC. The molecule has 0 spiro atoms. The third-order valence-corrected chi connectivity index (χ3v) is 4.08. The Morgan fingerprint density at radius 1 is 0.800 bits per heavy atom. The number of allylic oxidation sites excluding steroid dienone is 2. The van der Waals surface area contributed by atoms with Crippen LogP contribution in [0.3, 0.4) is 0 Å². The Labute approximate surface area is 97.2 Å². The van der Waals surface area contributed by atoms with E-state index < -0.39 is 0 Å². The summed E-state index contributed by atoms with van der Waals surface area (Å²) in [6.45, 7) is 18.7. The van der Waals surface area contributed by atoms with Crippen molar-refractivity contribution < 1.29 is 0 Å². The fourth-order valence-electron chi connectivity index (χ4n) is 2.60. The van der Waals surface area contributed by atoms with Crippen LogP contribution in [-0.4, -0.2) is 0 Å². The maximum absolute atomic E-state index is 2.39. The minimum absolute atomic E-state index is 0.347. The Morgan fingerprint density at radius 2 is 1.13 bits per heavy atom. The van der Waals surface area contributed by atoms with Crippen molar-refractivity contribution in [1.29, 1.82) is 0 Å². The van der Waals surface area contributed by atoms with Gasteiger partial charge in [0.15, 0.2) is 0 Å². The zero-order valence-electron chi connectivity index (χ0n) is 12.1. The highest BCUT2D eigenvalue weighted by molar-refractivity contribution is 5.25. The van der Waals surface area contributed by atoms with Crippen LogP contribution in [0.25, 0.3) is 0 Å². The van der Waals surface area contributed by atoms with E-state index in [2.05, 4.69) is 55.4 Å². The van der Waals surface area contributed by atoms with Crippen LogP contribution in [0, 0.1) is 10.8 Å². The number of rotatable bonds is 5. The zero-order valence-corrected chi connectivity index (χ0v) is 12.1. The highest BCUT2D eigenvalue weighted by Gasteiger charge is 2.33. The molecule has 0 aromatic carbocycles. The molecule has 0 bridgehead atoms. The monoisotopic (exact) mass is 210 g/mol. The minimum atomic E-state index is 0.347. The first-order chi connectivity index (χ1) is 6.72. The summed E-state index contributed by atoms with van der Waals surface area (Å²) in [5.41, 5.74) is 3.97. The van der Waals surface area contributed by atoms with Crippen LogP contribution < -0.4 is 0 Å². The maximum atomic E-state index is 2.39. The first kappa shape index (κ1) is 14.7. The van der Waals surface area contributed by atoms with Gasteiger partial charge in [0.05, 0.1) is 0 Å². The van der Waals surface area contributed by atoms with Crippen LogP contribution in [-0.2, 0) is 0 Å². The van der Waals surface area contributed by atoms with Crippen molar-refractivity contribution in [3.05, 3.63) is 11.1 Å². The van der Waals surface area contributed by atoms with E-state index in [1.807, 2.05) is 0 Å². The van der Waals surface area contributed by atoms with E-state index in [4.69, 9.17) is 0 Å². The first-order valence-corrected chi connectivity index (χ1v) is 6.43. The molecule has 90 valence electrons. The van der Waals surface area contributed by atoms with Gasteiger partial charge in [0, 0.05) is 0 Å². The van der Waals surface area contributed by atoms with Crippen LogP contribution in [0.1, 0.15) is 74.7 Å². The number of hydrogen-bond acceptors (Lipinski definition) is 0. The highest BCUT2D eigenvalue weighted by atomic mass is 14.4. The summed E-state index contributed by atoms with van der Waals surface area (Å²) in [5, 5.41) is 0. The summed E-state index contributed by atoms with van der Waals surface area (Å²) in [5.74, 6) is 0. The molecule has 0 N–H and O–H groups in total. The maximum Gasteiger partial charge on any atom is -0.0139 e. The summed E-state index contributed by atoms with van der Waals surface area (Å²) < 4.78 is 0. The molecule has 0 unspecified atom stereocenters.